The number of likely N-dealkylation sites (tertiary alicyclic amines) is 1. The molecule has 0 radical (unpaired) electrons. The summed E-state index contributed by atoms with van der Waals surface area (Å²) in [4.78, 5) is 38.0. The maximum absolute atomic E-state index is 13.2. The molecular formula is C26H24F3N7O2S. The van der Waals surface area contributed by atoms with Crippen molar-refractivity contribution in [2.45, 2.75) is 32.0 Å². The number of aryl methyl sites for hydroxylation is 1. The summed E-state index contributed by atoms with van der Waals surface area (Å²) in [7, 11) is 1.62. The molecule has 2 aliphatic rings. The zero-order chi connectivity index (χ0) is 27.5. The number of aromatic nitrogens is 4. The van der Waals surface area contributed by atoms with Crippen LogP contribution >= 0.6 is 11.3 Å². The SMILES string of the molecule is Cc1ncc(-c2ccc3c(C(=O)N4CC5(CC(N(C)C(=O)Nc6cncc(C(F)(F)F)c6)C5)C4)cnn3c2)s1. The van der Waals surface area contributed by atoms with Crippen molar-refractivity contribution in [3.8, 4) is 10.4 Å². The number of carbonyl (C=O) groups is 2. The number of alkyl halides is 3. The molecule has 13 heteroatoms. The fourth-order valence-electron chi connectivity index (χ4n) is 5.38. The van der Waals surface area contributed by atoms with Crippen LogP contribution in [0.3, 0.4) is 0 Å². The zero-order valence-electron chi connectivity index (χ0n) is 21.1. The standard InChI is InChI=1S/C26H24F3N7O2S/c1-15-31-11-22(39-15)16-3-4-21-20(10-32-36(21)12-16)23(37)35-13-25(14-35)6-19(7-25)34(2)24(38)33-18-5-17(8-30-9-18)26(27,28)29/h3-5,8-12,19H,6-7,13-14H2,1-2H3,(H,33,38). The van der Waals surface area contributed by atoms with Crippen LogP contribution < -0.4 is 5.32 Å². The minimum absolute atomic E-state index is 0.0150. The lowest BCUT2D eigenvalue weighted by molar-refractivity contribution is -0.137. The van der Waals surface area contributed by atoms with E-state index in [0.717, 1.165) is 27.0 Å². The summed E-state index contributed by atoms with van der Waals surface area (Å²) in [6, 6.07) is 4.16. The van der Waals surface area contributed by atoms with Crippen LogP contribution in [0.25, 0.3) is 16.0 Å². The number of urea groups is 1. The molecule has 202 valence electrons. The van der Waals surface area contributed by atoms with Crippen LogP contribution in [-0.2, 0) is 6.18 Å². The van der Waals surface area contributed by atoms with Crippen LogP contribution in [0.5, 0.6) is 0 Å². The second-order valence-electron chi connectivity index (χ2n) is 10.3. The van der Waals surface area contributed by atoms with Gasteiger partial charge in [-0.2, -0.15) is 18.3 Å². The Morgan fingerprint density at radius 1 is 1.15 bits per heavy atom. The van der Waals surface area contributed by atoms with Gasteiger partial charge >= 0.3 is 12.2 Å². The largest absolute Gasteiger partial charge is 0.417 e. The molecular weight excluding hydrogens is 531 g/mol. The summed E-state index contributed by atoms with van der Waals surface area (Å²) < 4.78 is 40.5. The predicted octanol–water partition coefficient (Wildman–Crippen LogP) is 4.95. The number of rotatable bonds is 4. The fourth-order valence-corrected chi connectivity index (χ4v) is 6.15. The summed E-state index contributed by atoms with van der Waals surface area (Å²) in [6.45, 7) is 3.13. The molecule has 4 aromatic heterocycles. The van der Waals surface area contributed by atoms with Crippen molar-refractivity contribution in [3.05, 3.63) is 65.3 Å². The van der Waals surface area contributed by atoms with E-state index in [1.54, 1.807) is 34.0 Å². The van der Waals surface area contributed by atoms with Crippen molar-refractivity contribution in [2.24, 2.45) is 5.41 Å². The van der Waals surface area contributed by atoms with Gasteiger partial charge in [-0.1, -0.05) is 0 Å². The first-order valence-electron chi connectivity index (χ1n) is 12.3. The van der Waals surface area contributed by atoms with Crippen molar-refractivity contribution < 1.29 is 22.8 Å². The highest BCUT2D eigenvalue weighted by Crippen LogP contribution is 2.50. The molecule has 1 saturated heterocycles. The van der Waals surface area contributed by atoms with Gasteiger partial charge in [-0.25, -0.2) is 14.3 Å². The molecule has 0 atom stereocenters. The predicted molar refractivity (Wildman–Crippen MR) is 138 cm³/mol. The minimum atomic E-state index is -4.54. The van der Waals surface area contributed by atoms with Gasteiger partial charge in [0.05, 0.1) is 44.6 Å². The van der Waals surface area contributed by atoms with E-state index >= 15 is 0 Å². The Hall–Kier alpha value is -4.00. The number of fused-ring (bicyclic) bond motifs is 1. The van der Waals surface area contributed by atoms with Gasteiger partial charge in [0, 0.05) is 55.7 Å². The second-order valence-corrected chi connectivity index (χ2v) is 11.5. The Kier molecular flexibility index (Phi) is 5.86. The highest BCUT2D eigenvalue weighted by molar-refractivity contribution is 7.15. The first-order chi connectivity index (χ1) is 18.5. The average molecular weight is 556 g/mol. The van der Waals surface area contributed by atoms with Gasteiger partial charge in [-0.15, -0.1) is 11.3 Å². The van der Waals surface area contributed by atoms with Gasteiger partial charge in [-0.3, -0.25) is 9.78 Å². The van der Waals surface area contributed by atoms with Crippen LogP contribution in [0.15, 0.2) is 49.2 Å². The van der Waals surface area contributed by atoms with Crippen LogP contribution in [0.1, 0.15) is 33.8 Å². The molecule has 1 aliphatic carbocycles. The quantitative estimate of drug-likeness (QED) is 0.385. The van der Waals surface area contributed by atoms with Crippen LogP contribution in [-0.4, -0.2) is 67.5 Å². The normalized spacial score (nSPS) is 16.7. The van der Waals surface area contributed by atoms with Gasteiger partial charge < -0.3 is 15.1 Å². The van der Waals surface area contributed by atoms with Gasteiger partial charge in [0.25, 0.3) is 5.91 Å². The monoisotopic (exact) mass is 555 g/mol. The number of anilines is 1. The third kappa shape index (κ3) is 4.60. The number of hydrogen-bond acceptors (Lipinski definition) is 6. The van der Waals surface area contributed by atoms with E-state index in [9.17, 15) is 22.8 Å². The molecule has 2 fully saturated rings. The van der Waals surface area contributed by atoms with Crippen LogP contribution in [0.2, 0.25) is 0 Å². The maximum atomic E-state index is 13.2. The lowest BCUT2D eigenvalue weighted by Crippen LogP contribution is -2.67. The molecule has 0 aromatic carbocycles. The topological polar surface area (TPSA) is 95.7 Å². The third-order valence-electron chi connectivity index (χ3n) is 7.51. The van der Waals surface area contributed by atoms with E-state index in [-0.39, 0.29) is 23.1 Å². The Balaban J connectivity index is 1.04. The average Bonchev–Trinajstić information content (AvgIpc) is 3.47. The minimum Gasteiger partial charge on any atom is -0.337 e. The molecule has 9 nitrogen and oxygen atoms in total. The highest BCUT2D eigenvalue weighted by atomic mass is 32.1. The molecule has 1 N–H and O–H groups in total. The molecule has 6 rings (SSSR count). The number of amides is 3. The molecule has 39 heavy (non-hydrogen) atoms. The summed E-state index contributed by atoms with van der Waals surface area (Å²) >= 11 is 1.59. The van der Waals surface area contributed by atoms with Crippen LogP contribution in [0, 0.1) is 12.3 Å². The summed E-state index contributed by atoms with van der Waals surface area (Å²) in [5.74, 6) is -0.0800. The lowest BCUT2D eigenvalue weighted by atomic mass is 9.60. The molecule has 0 unspecified atom stereocenters. The van der Waals surface area contributed by atoms with Crippen molar-refractivity contribution in [1.82, 2.24) is 29.4 Å². The van der Waals surface area contributed by atoms with Crippen molar-refractivity contribution in [3.63, 3.8) is 0 Å². The first-order valence-corrected chi connectivity index (χ1v) is 13.1. The zero-order valence-corrected chi connectivity index (χ0v) is 21.9. The highest BCUT2D eigenvalue weighted by Gasteiger charge is 2.55. The Bertz CT molecular complexity index is 1580. The number of nitrogens with one attached hydrogen (secondary N) is 1. The van der Waals surface area contributed by atoms with E-state index in [0.29, 0.717) is 37.7 Å². The number of nitrogens with zero attached hydrogens (tertiary/aromatic N) is 6. The molecule has 1 aliphatic heterocycles. The molecule has 4 aromatic rings. The van der Waals surface area contributed by atoms with Crippen LogP contribution in [0.4, 0.5) is 23.7 Å². The molecule has 5 heterocycles. The first kappa shape index (κ1) is 25.3. The van der Waals surface area contributed by atoms with E-state index in [1.807, 2.05) is 31.5 Å². The smallest absolute Gasteiger partial charge is 0.337 e. The summed E-state index contributed by atoms with van der Waals surface area (Å²) in [5, 5.41) is 7.86. The fraction of sp³-hybridized carbons (Fsp3) is 0.346. The number of carbonyl (C=O) groups excluding carboxylic acids is 2. The Labute approximate surface area is 225 Å². The van der Waals surface area contributed by atoms with Gasteiger partial charge in [0.15, 0.2) is 0 Å². The second kappa shape index (κ2) is 9.04. The van der Waals surface area contributed by atoms with Gasteiger partial charge in [0.1, 0.15) is 0 Å². The Morgan fingerprint density at radius 3 is 2.62 bits per heavy atom. The van der Waals surface area contributed by atoms with Gasteiger partial charge in [-0.05, 0) is 38.0 Å². The number of halogens is 3. The molecule has 3 amide bonds. The van der Waals surface area contributed by atoms with Crippen molar-refractivity contribution in [1.29, 1.82) is 0 Å². The van der Waals surface area contributed by atoms with E-state index in [4.69, 9.17) is 0 Å². The molecule has 0 bridgehead atoms. The molecule has 1 saturated carbocycles. The molecule has 1 spiro atoms. The van der Waals surface area contributed by atoms with Crippen molar-refractivity contribution in [2.75, 3.05) is 25.5 Å². The third-order valence-corrected chi connectivity index (χ3v) is 8.48. The van der Waals surface area contributed by atoms with Gasteiger partial charge in [0.2, 0.25) is 0 Å². The summed E-state index contributed by atoms with van der Waals surface area (Å²) in [5.41, 5.74) is 1.27. The Morgan fingerprint density at radius 2 is 1.92 bits per heavy atom. The van der Waals surface area contributed by atoms with E-state index in [1.165, 1.54) is 11.1 Å². The number of pyridine rings is 2. The summed E-state index contributed by atoms with van der Waals surface area (Å²) in [6.07, 6.45) is 4.10. The number of hydrogen-bond donors (Lipinski definition) is 1. The van der Waals surface area contributed by atoms with Crippen molar-refractivity contribution >= 4 is 34.5 Å². The lowest BCUT2D eigenvalue weighted by Gasteiger charge is -2.60. The van der Waals surface area contributed by atoms with E-state index in [2.05, 4.69) is 20.4 Å². The maximum Gasteiger partial charge on any atom is 0.417 e. The van der Waals surface area contributed by atoms with E-state index < -0.39 is 17.8 Å². The number of thiazole rings is 1.